The minimum absolute atomic E-state index is 0.0239. The fraction of sp³-hybridized carbons (Fsp3) is 0.297. The number of rotatable bonds is 15. The van der Waals surface area contributed by atoms with Crippen LogP contribution >= 0.6 is 11.6 Å². The lowest BCUT2D eigenvalue weighted by molar-refractivity contribution is -0.140. The summed E-state index contributed by atoms with van der Waals surface area (Å²) in [6.45, 7) is 7.70. The van der Waals surface area contributed by atoms with Gasteiger partial charge in [0, 0.05) is 24.0 Å². The van der Waals surface area contributed by atoms with E-state index in [1.165, 1.54) is 29.2 Å². The number of nitrogens with zero attached hydrogens (tertiary/aromatic N) is 2. The van der Waals surface area contributed by atoms with Crippen LogP contribution in [0.15, 0.2) is 108 Å². The number of nitrogens with one attached hydrogen (secondary N) is 1. The van der Waals surface area contributed by atoms with Crippen LogP contribution in [0, 0.1) is 6.92 Å². The lowest BCUT2D eigenvalue weighted by Crippen LogP contribution is -2.54. The Kier molecular flexibility index (Phi) is 12.4. The molecule has 0 aliphatic rings. The maximum Gasteiger partial charge on any atom is 0.264 e. The molecule has 1 N–H and O–H groups in total. The van der Waals surface area contributed by atoms with Crippen molar-refractivity contribution in [3.8, 4) is 5.75 Å². The van der Waals surface area contributed by atoms with Crippen molar-refractivity contribution >= 4 is 39.1 Å². The Morgan fingerprint density at radius 1 is 0.872 bits per heavy atom. The van der Waals surface area contributed by atoms with E-state index >= 15 is 0 Å². The Labute approximate surface area is 283 Å². The van der Waals surface area contributed by atoms with E-state index < -0.39 is 28.5 Å². The second kappa shape index (κ2) is 16.5. The number of sulfonamides is 1. The number of carbonyl (C=O) groups is 2. The van der Waals surface area contributed by atoms with E-state index in [9.17, 15) is 18.0 Å². The molecule has 2 amide bonds. The second-order valence-electron chi connectivity index (χ2n) is 11.4. The predicted molar refractivity (Wildman–Crippen MR) is 187 cm³/mol. The van der Waals surface area contributed by atoms with Crippen molar-refractivity contribution in [3.05, 3.63) is 125 Å². The average molecular weight is 676 g/mol. The van der Waals surface area contributed by atoms with E-state index in [-0.39, 0.29) is 35.5 Å². The molecule has 0 bridgehead atoms. The summed E-state index contributed by atoms with van der Waals surface area (Å²) in [6, 6.07) is 28.5. The molecule has 0 aliphatic heterocycles. The molecule has 0 radical (unpaired) electrons. The molecule has 0 aromatic heterocycles. The van der Waals surface area contributed by atoms with E-state index in [0.29, 0.717) is 23.8 Å². The first-order valence-corrected chi connectivity index (χ1v) is 17.5. The predicted octanol–water partition coefficient (Wildman–Crippen LogP) is 6.80. The van der Waals surface area contributed by atoms with E-state index in [1.807, 2.05) is 82.3 Å². The Hall–Kier alpha value is -4.34. The zero-order valence-electron chi connectivity index (χ0n) is 27.2. The number of ether oxygens (including phenoxy) is 1. The lowest BCUT2D eigenvalue weighted by Gasteiger charge is -2.34. The molecule has 0 saturated carbocycles. The fourth-order valence-corrected chi connectivity index (χ4v) is 6.68. The summed E-state index contributed by atoms with van der Waals surface area (Å²) in [5.41, 5.74) is 2.97. The fourth-order valence-electron chi connectivity index (χ4n) is 5.14. The van der Waals surface area contributed by atoms with Crippen LogP contribution in [0.5, 0.6) is 5.75 Å². The highest BCUT2D eigenvalue weighted by Gasteiger charge is 2.35. The van der Waals surface area contributed by atoms with Gasteiger partial charge in [-0.3, -0.25) is 13.9 Å². The van der Waals surface area contributed by atoms with Crippen molar-refractivity contribution in [2.24, 2.45) is 0 Å². The lowest BCUT2D eigenvalue weighted by atomic mass is 10.0. The van der Waals surface area contributed by atoms with Crippen molar-refractivity contribution in [3.63, 3.8) is 0 Å². The van der Waals surface area contributed by atoms with Crippen LogP contribution in [0.3, 0.4) is 0 Å². The van der Waals surface area contributed by atoms with E-state index in [1.54, 1.807) is 24.3 Å². The number of halogens is 1. The summed E-state index contributed by atoms with van der Waals surface area (Å²) >= 11 is 6.08. The minimum atomic E-state index is -4.25. The number of hydrogen-bond donors (Lipinski definition) is 1. The molecule has 0 aliphatic carbocycles. The van der Waals surface area contributed by atoms with Crippen LogP contribution in [-0.2, 0) is 32.6 Å². The first-order chi connectivity index (χ1) is 22.5. The normalized spacial score (nSPS) is 12.5. The van der Waals surface area contributed by atoms with Gasteiger partial charge in [0.25, 0.3) is 10.0 Å². The topological polar surface area (TPSA) is 96.0 Å². The molecular formula is C37H42ClN3O5S. The first-order valence-electron chi connectivity index (χ1n) is 15.7. The summed E-state index contributed by atoms with van der Waals surface area (Å²) in [5, 5.41) is 3.44. The number of anilines is 1. The highest BCUT2D eigenvalue weighted by atomic mass is 35.5. The van der Waals surface area contributed by atoms with Gasteiger partial charge in [-0.15, -0.1) is 0 Å². The Morgan fingerprint density at radius 3 is 2.15 bits per heavy atom. The van der Waals surface area contributed by atoms with Crippen molar-refractivity contribution in [1.82, 2.24) is 10.2 Å². The quantitative estimate of drug-likeness (QED) is 0.150. The number of amides is 2. The average Bonchev–Trinajstić information content (AvgIpc) is 3.06. The monoisotopic (exact) mass is 675 g/mol. The second-order valence-corrected chi connectivity index (χ2v) is 13.7. The molecule has 248 valence electrons. The number of aryl methyl sites for hydroxylation is 1. The van der Waals surface area contributed by atoms with Crippen molar-refractivity contribution in [1.29, 1.82) is 0 Å². The smallest absolute Gasteiger partial charge is 0.264 e. The summed E-state index contributed by atoms with van der Waals surface area (Å²) < 4.78 is 35.0. The summed E-state index contributed by atoms with van der Waals surface area (Å²) in [4.78, 5) is 30.0. The van der Waals surface area contributed by atoms with Crippen LogP contribution < -0.4 is 14.4 Å². The molecule has 10 heteroatoms. The van der Waals surface area contributed by atoms with Crippen LogP contribution in [-0.4, -0.2) is 50.4 Å². The molecule has 0 heterocycles. The van der Waals surface area contributed by atoms with Gasteiger partial charge in [-0.25, -0.2) is 8.42 Å². The van der Waals surface area contributed by atoms with Gasteiger partial charge < -0.3 is 15.0 Å². The van der Waals surface area contributed by atoms with Gasteiger partial charge >= 0.3 is 0 Å². The third-order valence-corrected chi connectivity index (χ3v) is 9.86. The van der Waals surface area contributed by atoms with Crippen LogP contribution in [0.25, 0.3) is 0 Å². The summed E-state index contributed by atoms with van der Waals surface area (Å²) in [5.74, 6) is -0.271. The molecule has 2 atom stereocenters. The largest absolute Gasteiger partial charge is 0.494 e. The van der Waals surface area contributed by atoms with Crippen molar-refractivity contribution in [2.75, 3.05) is 17.5 Å². The third-order valence-electron chi connectivity index (χ3n) is 7.82. The van der Waals surface area contributed by atoms with Crippen LogP contribution in [0.1, 0.15) is 43.9 Å². The molecule has 8 nitrogen and oxygen atoms in total. The maximum absolute atomic E-state index is 14.6. The standard InChI is InChI=1S/C37H42ClN3O5S/c1-5-28(4)39-37(43)35(24-29-12-8-7-9-13-29)40(25-30-14-10-11-27(3)23-30)36(42)26-41(32-17-19-33(20-18-32)46-6-2)47(44,45)34-21-15-31(38)16-22-34/h7-23,28,35H,5-6,24-26H2,1-4H3,(H,39,43)/t28-,35-/m1/s1. The SMILES string of the molecule is CCOc1ccc(N(CC(=O)N(Cc2cccc(C)c2)[C@H](Cc2ccccc2)C(=O)N[C@H](C)CC)S(=O)(=O)c2ccc(Cl)cc2)cc1. The third kappa shape index (κ3) is 9.59. The Bertz CT molecular complexity index is 1730. The van der Waals surface area contributed by atoms with E-state index in [0.717, 1.165) is 21.0 Å². The molecule has 4 aromatic carbocycles. The number of hydrogen-bond acceptors (Lipinski definition) is 5. The molecule has 0 fully saturated rings. The van der Waals surface area contributed by atoms with Gasteiger partial charge in [0.2, 0.25) is 11.8 Å². The van der Waals surface area contributed by atoms with Gasteiger partial charge in [0.15, 0.2) is 0 Å². The Morgan fingerprint density at radius 2 is 1.53 bits per heavy atom. The Balaban J connectivity index is 1.81. The van der Waals surface area contributed by atoms with Gasteiger partial charge in [0.1, 0.15) is 18.3 Å². The first kappa shape index (κ1) is 35.5. The van der Waals surface area contributed by atoms with Gasteiger partial charge in [0.05, 0.1) is 17.2 Å². The molecule has 4 rings (SSSR count). The van der Waals surface area contributed by atoms with Crippen LogP contribution in [0.4, 0.5) is 5.69 Å². The molecule has 0 saturated heterocycles. The van der Waals surface area contributed by atoms with E-state index in [2.05, 4.69) is 5.32 Å². The van der Waals surface area contributed by atoms with Gasteiger partial charge in [-0.2, -0.15) is 0 Å². The maximum atomic E-state index is 14.6. The zero-order valence-corrected chi connectivity index (χ0v) is 28.8. The van der Waals surface area contributed by atoms with Crippen molar-refractivity contribution in [2.45, 2.75) is 64.1 Å². The van der Waals surface area contributed by atoms with Crippen LogP contribution in [0.2, 0.25) is 5.02 Å². The number of benzene rings is 4. The highest BCUT2D eigenvalue weighted by Crippen LogP contribution is 2.28. The summed E-state index contributed by atoms with van der Waals surface area (Å²) in [7, 11) is -4.25. The molecule has 47 heavy (non-hydrogen) atoms. The number of carbonyl (C=O) groups excluding carboxylic acids is 2. The molecular weight excluding hydrogens is 634 g/mol. The molecule has 4 aromatic rings. The molecule has 0 spiro atoms. The van der Waals surface area contributed by atoms with Crippen molar-refractivity contribution < 1.29 is 22.7 Å². The van der Waals surface area contributed by atoms with E-state index in [4.69, 9.17) is 16.3 Å². The molecule has 0 unspecified atom stereocenters. The van der Waals surface area contributed by atoms with Gasteiger partial charge in [-0.1, -0.05) is 78.7 Å². The summed E-state index contributed by atoms with van der Waals surface area (Å²) in [6.07, 6.45) is 0.953. The minimum Gasteiger partial charge on any atom is -0.494 e. The highest BCUT2D eigenvalue weighted by molar-refractivity contribution is 7.92. The zero-order chi connectivity index (χ0) is 34.0. The van der Waals surface area contributed by atoms with Gasteiger partial charge in [-0.05, 0) is 86.8 Å².